The zero-order valence-electron chi connectivity index (χ0n) is 19.4. The first-order valence-corrected chi connectivity index (χ1v) is 11.2. The minimum absolute atomic E-state index is 0.0458. The van der Waals surface area contributed by atoms with Crippen molar-refractivity contribution in [2.75, 3.05) is 0 Å². The maximum atomic E-state index is 13.1. The highest BCUT2D eigenvalue weighted by atomic mass is 19.4. The van der Waals surface area contributed by atoms with Crippen molar-refractivity contribution >= 4 is 16.9 Å². The Hall–Kier alpha value is -3.79. The molecule has 0 saturated heterocycles. The monoisotopic (exact) mass is 480 g/mol. The predicted molar refractivity (Wildman–Crippen MR) is 127 cm³/mol. The van der Waals surface area contributed by atoms with Gasteiger partial charge in [0.1, 0.15) is 17.6 Å². The first kappa shape index (κ1) is 25.8. The highest BCUT2D eigenvalue weighted by molar-refractivity contribution is 6.06. The third-order valence-electron chi connectivity index (χ3n) is 5.84. The van der Waals surface area contributed by atoms with Crippen molar-refractivity contribution in [3.05, 3.63) is 100 Å². The molecule has 7 heteroatoms. The molecule has 0 N–H and O–H groups in total. The van der Waals surface area contributed by atoms with E-state index in [0.717, 1.165) is 41.2 Å². The molecule has 0 unspecified atom stereocenters. The van der Waals surface area contributed by atoms with E-state index in [4.69, 9.17) is 5.26 Å². The fourth-order valence-corrected chi connectivity index (χ4v) is 4.02. The molecule has 1 heterocycles. The van der Waals surface area contributed by atoms with Crippen molar-refractivity contribution in [1.29, 1.82) is 5.26 Å². The molecule has 0 atom stereocenters. The van der Waals surface area contributed by atoms with Gasteiger partial charge in [0, 0.05) is 0 Å². The van der Waals surface area contributed by atoms with Crippen molar-refractivity contribution < 1.29 is 22.4 Å². The number of pyridine rings is 1. The second-order valence-electron chi connectivity index (χ2n) is 8.13. The standard InChI is InChI=1S/C20H15F3N2O.C8H9F/c1-12-8-9-13(20(21,22)23)10-16(12)14-4-2-5-15(14)17-6-3-7-18(25-17)19(26)11-24;1-2-7-5-3-4-6-8(7)9/h3,6-10H,2,4-5H2,1H3;3-6H,2H2,1H3. The maximum Gasteiger partial charge on any atom is 0.416 e. The Bertz CT molecular complexity index is 1300. The smallest absolute Gasteiger partial charge is 0.275 e. The van der Waals surface area contributed by atoms with Crippen molar-refractivity contribution in [3.63, 3.8) is 0 Å². The van der Waals surface area contributed by atoms with Crippen LogP contribution in [0.3, 0.4) is 0 Å². The van der Waals surface area contributed by atoms with E-state index in [1.807, 2.05) is 13.0 Å². The molecule has 1 aliphatic carbocycles. The van der Waals surface area contributed by atoms with Crippen LogP contribution in [0.25, 0.3) is 11.1 Å². The molecule has 35 heavy (non-hydrogen) atoms. The Morgan fingerprint density at radius 2 is 1.74 bits per heavy atom. The summed E-state index contributed by atoms with van der Waals surface area (Å²) in [5.41, 5.74) is 3.67. The lowest BCUT2D eigenvalue weighted by atomic mass is 9.94. The number of benzene rings is 2. The molecule has 1 aliphatic rings. The summed E-state index contributed by atoms with van der Waals surface area (Å²) in [6, 6.07) is 16.9. The molecule has 0 bridgehead atoms. The van der Waals surface area contributed by atoms with E-state index < -0.39 is 17.5 Å². The fraction of sp³-hybridized carbons (Fsp3) is 0.250. The fourth-order valence-electron chi connectivity index (χ4n) is 4.02. The van der Waals surface area contributed by atoms with Crippen LogP contribution < -0.4 is 0 Å². The molecule has 3 aromatic rings. The topological polar surface area (TPSA) is 53.8 Å². The number of nitrogens with zero attached hydrogens (tertiary/aromatic N) is 2. The Labute approximate surface area is 201 Å². The van der Waals surface area contributed by atoms with Gasteiger partial charge in [-0.15, -0.1) is 0 Å². The van der Waals surface area contributed by atoms with Crippen LogP contribution in [0.2, 0.25) is 0 Å². The number of aryl methyl sites for hydroxylation is 2. The first-order chi connectivity index (χ1) is 16.7. The third-order valence-corrected chi connectivity index (χ3v) is 5.84. The number of allylic oxidation sites excluding steroid dienone is 2. The van der Waals surface area contributed by atoms with E-state index in [9.17, 15) is 22.4 Å². The van der Waals surface area contributed by atoms with Crippen molar-refractivity contribution in [3.8, 4) is 6.07 Å². The predicted octanol–water partition coefficient (Wildman–Crippen LogP) is 7.60. The summed E-state index contributed by atoms with van der Waals surface area (Å²) in [5.74, 6) is -0.831. The normalized spacial score (nSPS) is 13.2. The van der Waals surface area contributed by atoms with Gasteiger partial charge in [0.05, 0.1) is 11.3 Å². The summed E-state index contributed by atoms with van der Waals surface area (Å²) in [5, 5.41) is 8.76. The van der Waals surface area contributed by atoms with Gasteiger partial charge in [-0.1, -0.05) is 37.3 Å². The van der Waals surface area contributed by atoms with Gasteiger partial charge in [0.15, 0.2) is 0 Å². The van der Waals surface area contributed by atoms with Gasteiger partial charge in [-0.3, -0.25) is 4.79 Å². The van der Waals surface area contributed by atoms with Gasteiger partial charge in [-0.2, -0.15) is 18.4 Å². The minimum Gasteiger partial charge on any atom is -0.275 e. The van der Waals surface area contributed by atoms with Crippen LogP contribution in [-0.2, 0) is 12.6 Å². The molecule has 0 radical (unpaired) electrons. The quantitative estimate of drug-likeness (QED) is 0.220. The lowest BCUT2D eigenvalue weighted by Gasteiger charge is -2.14. The highest BCUT2D eigenvalue weighted by Gasteiger charge is 2.31. The Morgan fingerprint density at radius 1 is 1.03 bits per heavy atom. The zero-order valence-corrected chi connectivity index (χ0v) is 19.4. The van der Waals surface area contributed by atoms with E-state index in [-0.39, 0.29) is 11.5 Å². The number of carbonyl (C=O) groups excluding carboxylic acids is 1. The molecule has 180 valence electrons. The summed E-state index contributed by atoms with van der Waals surface area (Å²) in [4.78, 5) is 15.8. The van der Waals surface area contributed by atoms with E-state index in [0.29, 0.717) is 24.1 Å². The number of alkyl halides is 3. The molecular formula is C28H24F4N2O. The maximum absolute atomic E-state index is 13.1. The molecule has 4 rings (SSSR count). The molecule has 1 aromatic heterocycles. The van der Waals surface area contributed by atoms with Gasteiger partial charge >= 0.3 is 6.18 Å². The van der Waals surface area contributed by atoms with E-state index >= 15 is 0 Å². The molecule has 2 aromatic carbocycles. The minimum atomic E-state index is -4.40. The number of halogens is 4. The summed E-state index contributed by atoms with van der Waals surface area (Å²) in [7, 11) is 0. The number of hydrogen-bond acceptors (Lipinski definition) is 3. The van der Waals surface area contributed by atoms with E-state index in [2.05, 4.69) is 4.98 Å². The molecule has 0 fully saturated rings. The SMILES string of the molecule is CCc1ccccc1F.Cc1ccc(C(F)(F)F)cc1C1=C(c2cccc(C(=O)C#N)n2)CCC1. The number of hydrogen-bond donors (Lipinski definition) is 0. The molecule has 0 amide bonds. The van der Waals surface area contributed by atoms with Gasteiger partial charge < -0.3 is 0 Å². The molecule has 3 nitrogen and oxygen atoms in total. The van der Waals surface area contributed by atoms with Crippen LogP contribution in [0.1, 0.15) is 64.6 Å². The molecule has 0 saturated carbocycles. The average Bonchev–Trinajstić information content (AvgIpc) is 3.33. The molecular weight excluding hydrogens is 456 g/mol. The van der Waals surface area contributed by atoms with Crippen LogP contribution in [0.15, 0.2) is 60.7 Å². The summed E-state index contributed by atoms with van der Waals surface area (Å²) >= 11 is 0. The molecule has 0 spiro atoms. The van der Waals surface area contributed by atoms with Gasteiger partial charge in [0.2, 0.25) is 0 Å². The number of aromatic nitrogens is 1. The molecule has 0 aliphatic heterocycles. The van der Waals surface area contributed by atoms with Crippen LogP contribution in [0.5, 0.6) is 0 Å². The van der Waals surface area contributed by atoms with Gasteiger partial charge in [-0.25, -0.2) is 9.37 Å². The van der Waals surface area contributed by atoms with Crippen molar-refractivity contribution in [2.24, 2.45) is 0 Å². The summed E-state index contributed by atoms with van der Waals surface area (Å²) in [6.45, 7) is 3.72. The van der Waals surface area contributed by atoms with Crippen LogP contribution in [-0.4, -0.2) is 10.8 Å². The lowest BCUT2D eigenvalue weighted by molar-refractivity contribution is -0.137. The first-order valence-electron chi connectivity index (χ1n) is 11.2. The van der Waals surface area contributed by atoms with Gasteiger partial charge in [-0.05, 0) is 90.8 Å². The Balaban J connectivity index is 0.000000320. The zero-order chi connectivity index (χ0) is 25.6. The lowest BCUT2D eigenvalue weighted by Crippen LogP contribution is -2.06. The Kier molecular flexibility index (Phi) is 8.18. The third kappa shape index (κ3) is 6.21. The van der Waals surface area contributed by atoms with Crippen molar-refractivity contribution in [1.82, 2.24) is 4.98 Å². The largest absolute Gasteiger partial charge is 0.416 e. The van der Waals surface area contributed by atoms with Crippen LogP contribution in [0.4, 0.5) is 17.6 Å². The van der Waals surface area contributed by atoms with E-state index in [1.165, 1.54) is 30.3 Å². The summed E-state index contributed by atoms with van der Waals surface area (Å²) < 4.78 is 51.9. The highest BCUT2D eigenvalue weighted by Crippen LogP contribution is 2.42. The number of Topliss-reactive ketones (excluding diaryl/α,β-unsaturated/α-hetero) is 1. The van der Waals surface area contributed by atoms with Crippen LogP contribution in [0, 0.1) is 24.1 Å². The van der Waals surface area contributed by atoms with Crippen molar-refractivity contribution in [2.45, 2.75) is 45.7 Å². The number of ketones is 1. The second-order valence-corrected chi connectivity index (χ2v) is 8.13. The summed E-state index contributed by atoms with van der Waals surface area (Å²) in [6.07, 6.45) is -1.51. The number of nitriles is 1. The number of carbonyl (C=O) groups is 1. The Morgan fingerprint density at radius 3 is 2.37 bits per heavy atom. The average molecular weight is 481 g/mol. The second kappa shape index (κ2) is 11.1. The van der Waals surface area contributed by atoms with E-state index in [1.54, 1.807) is 31.2 Å². The van der Waals surface area contributed by atoms with Gasteiger partial charge in [0.25, 0.3) is 5.78 Å². The van der Waals surface area contributed by atoms with Crippen LogP contribution >= 0.6 is 0 Å². The number of rotatable bonds is 4.